The van der Waals surface area contributed by atoms with Gasteiger partial charge >= 0.3 is 0 Å². The molecule has 1 heterocycles. The lowest BCUT2D eigenvalue weighted by Gasteiger charge is -2.13. The smallest absolute Gasteiger partial charge is 0.265 e. The number of carbonyl (C=O) groups excluding carboxylic acids is 1. The Morgan fingerprint density at radius 2 is 2.09 bits per heavy atom. The maximum absolute atomic E-state index is 12.0. The largest absolute Gasteiger partial charge is 0.493 e. The van der Waals surface area contributed by atoms with Crippen molar-refractivity contribution in [1.82, 2.24) is 4.90 Å². The van der Waals surface area contributed by atoms with Crippen LogP contribution in [-0.4, -0.2) is 35.9 Å². The summed E-state index contributed by atoms with van der Waals surface area (Å²) in [7, 11) is 3.29. The third kappa shape index (κ3) is 3.81. The summed E-state index contributed by atoms with van der Waals surface area (Å²) in [5.74, 6) is 1.72. The molecule has 0 aliphatic carbocycles. The summed E-state index contributed by atoms with van der Waals surface area (Å²) in [6.45, 7) is 4.81. The molecule has 0 bridgehead atoms. The van der Waals surface area contributed by atoms with Crippen LogP contribution in [0.25, 0.3) is 6.08 Å². The van der Waals surface area contributed by atoms with Gasteiger partial charge in [-0.3, -0.25) is 9.69 Å². The lowest BCUT2D eigenvalue weighted by Crippen LogP contribution is -2.22. The van der Waals surface area contributed by atoms with Gasteiger partial charge in [0, 0.05) is 7.05 Å². The fourth-order valence-corrected chi connectivity index (χ4v) is 3.03. The van der Waals surface area contributed by atoms with Crippen LogP contribution < -0.4 is 9.47 Å². The van der Waals surface area contributed by atoms with Crippen molar-refractivity contribution in [3.8, 4) is 11.5 Å². The van der Waals surface area contributed by atoms with E-state index in [1.165, 1.54) is 16.7 Å². The van der Waals surface area contributed by atoms with Crippen molar-refractivity contribution in [1.29, 1.82) is 0 Å². The number of amides is 1. The van der Waals surface area contributed by atoms with Gasteiger partial charge in [0.2, 0.25) is 0 Å². The van der Waals surface area contributed by atoms with Crippen LogP contribution in [0.2, 0.25) is 0 Å². The van der Waals surface area contributed by atoms with Gasteiger partial charge in [0.25, 0.3) is 5.91 Å². The van der Waals surface area contributed by atoms with E-state index in [9.17, 15) is 4.79 Å². The molecule has 1 aromatic carbocycles. The Hall–Kier alpha value is -1.53. The van der Waals surface area contributed by atoms with E-state index in [0.29, 0.717) is 33.2 Å². The second-order valence-electron chi connectivity index (χ2n) is 5.36. The lowest BCUT2D eigenvalue weighted by molar-refractivity contribution is -0.121. The van der Waals surface area contributed by atoms with E-state index in [2.05, 4.69) is 13.8 Å². The Bertz CT molecular complexity index is 626. The van der Waals surface area contributed by atoms with Gasteiger partial charge in [-0.25, -0.2) is 0 Å². The molecule has 1 amide bonds. The first kappa shape index (κ1) is 16.8. The summed E-state index contributed by atoms with van der Waals surface area (Å²) in [4.78, 5) is 14.1. The van der Waals surface area contributed by atoms with E-state index in [0.717, 1.165) is 5.56 Å². The van der Waals surface area contributed by atoms with Crippen LogP contribution in [0.15, 0.2) is 23.1 Å². The van der Waals surface area contributed by atoms with Gasteiger partial charge in [0.05, 0.1) is 18.6 Å². The second kappa shape index (κ2) is 7.15. The average molecular weight is 337 g/mol. The molecule has 0 N–H and O–H groups in total. The predicted octanol–water partition coefficient (Wildman–Crippen LogP) is 3.56. The van der Waals surface area contributed by atoms with E-state index >= 15 is 0 Å². The van der Waals surface area contributed by atoms with Gasteiger partial charge in [-0.15, -0.1) is 0 Å². The molecule has 1 aliphatic rings. The van der Waals surface area contributed by atoms with Crippen molar-refractivity contribution in [3.05, 3.63) is 28.7 Å². The third-order valence-electron chi connectivity index (χ3n) is 3.04. The zero-order chi connectivity index (χ0) is 16.3. The summed E-state index contributed by atoms with van der Waals surface area (Å²) in [5.41, 5.74) is 0.877. The quantitative estimate of drug-likeness (QED) is 0.607. The molecular formula is C16H19NO3S2. The minimum Gasteiger partial charge on any atom is -0.493 e. The lowest BCUT2D eigenvalue weighted by atomic mass is 10.1. The van der Waals surface area contributed by atoms with E-state index in [1.54, 1.807) is 14.2 Å². The fraction of sp³-hybridized carbons (Fsp3) is 0.375. The van der Waals surface area contributed by atoms with Crippen molar-refractivity contribution in [2.45, 2.75) is 13.8 Å². The molecule has 0 radical (unpaired) electrons. The zero-order valence-electron chi connectivity index (χ0n) is 13.1. The highest BCUT2D eigenvalue weighted by atomic mass is 32.2. The molecule has 118 valence electrons. The molecule has 1 aliphatic heterocycles. The van der Waals surface area contributed by atoms with Gasteiger partial charge in [0.1, 0.15) is 4.32 Å². The number of carbonyl (C=O) groups is 1. The highest BCUT2D eigenvalue weighted by Gasteiger charge is 2.28. The first-order chi connectivity index (χ1) is 10.4. The van der Waals surface area contributed by atoms with E-state index in [-0.39, 0.29) is 5.91 Å². The van der Waals surface area contributed by atoms with E-state index < -0.39 is 0 Å². The molecule has 4 nitrogen and oxygen atoms in total. The topological polar surface area (TPSA) is 38.8 Å². The zero-order valence-corrected chi connectivity index (χ0v) is 14.7. The average Bonchev–Trinajstić information content (AvgIpc) is 2.73. The number of thiocarbonyl (C=S) groups is 1. The first-order valence-electron chi connectivity index (χ1n) is 6.94. The minimum atomic E-state index is -0.0749. The van der Waals surface area contributed by atoms with Crippen LogP contribution in [0.3, 0.4) is 0 Å². The van der Waals surface area contributed by atoms with Crippen LogP contribution >= 0.6 is 24.0 Å². The van der Waals surface area contributed by atoms with E-state index in [1.807, 2.05) is 24.3 Å². The van der Waals surface area contributed by atoms with Crippen LogP contribution in [0, 0.1) is 5.92 Å². The SMILES string of the molecule is COc1cc(/C=C2/SC(=S)N(C)C2=O)ccc1OCC(C)C. The number of ether oxygens (including phenoxy) is 2. The molecule has 1 saturated heterocycles. The number of methoxy groups -OCH3 is 1. The Morgan fingerprint density at radius 1 is 1.36 bits per heavy atom. The van der Waals surface area contributed by atoms with Crippen LogP contribution in [-0.2, 0) is 4.79 Å². The number of rotatable bonds is 5. The van der Waals surface area contributed by atoms with Gasteiger partial charge in [0.15, 0.2) is 11.5 Å². The van der Waals surface area contributed by atoms with Crippen molar-refractivity contribution < 1.29 is 14.3 Å². The Labute approximate surface area is 140 Å². The summed E-state index contributed by atoms with van der Waals surface area (Å²) >= 11 is 6.43. The van der Waals surface area contributed by atoms with Gasteiger partial charge in [-0.2, -0.15) is 0 Å². The highest BCUT2D eigenvalue weighted by molar-refractivity contribution is 8.26. The standard InChI is InChI=1S/C16H19NO3S2/c1-10(2)9-20-12-6-5-11(7-13(12)19-4)8-14-15(18)17(3)16(21)22-14/h5-8,10H,9H2,1-4H3/b14-8+. The molecule has 0 atom stereocenters. The number of hydrogen-bond donors (Lipinski definition) is 0. The molecule has 0 aromatic heterocycles. The molecule has 1 aromatic rings. The Balaban J connectivity index is 2.23. The van der Waals surface area contributed by atoms with Gasteiger partial charge in [-0.1, -0.05) is 43.9 Å². The van der Waals surface area contributed by atoms with Crippen molar-refractivity contribution in [2.24, 2.45) is 5.92 Å². The first-order valence-corrected chi connectivity index (χ1v) is 8.17. The molecule has 22 heavy (non-hydrogen) atoms. The maximum Gasteiger partial charge on any atom is 0.265 e. The molecule has 0 saturated carbocycles. The third-order valence-corrected chi connectivity index (χ3v) is 4.53. The molecule has 1 fully saturated rings. The molecule has 2 rings (SSSR count). The van der Waals surface area contributed by atoms with Gasteiger partial charge in [-0.05, 0) is 29.7 Å². The summed E-state index contributed by atoms with van der Waals surface area (Å²) < 4.78 is 11.7. The number of likely N-dealkylation sites (N-methyl/N-ethyl adjacent to an activating group) is 1. The summed E-state index contributed by atoms with van der Waals surface area (Å²) in [6.07, 6.45) is 1.82. The molecule has 6 heteroatoms. The number of hydrogen-bond acceptors (Lipinski definition) is 5. The number of benzene rings is 1. The van der Waals surface area contributed by atoms with Crippen molar-refractivity contribution >= 4 is 40.3 Å². The Morgan fingerprint density at radius 3 is 2.64 bits per heavy atom. The predicted molar refractivity (Wildman–Crippen MR) is 94.3 cm³/mol. The monoisotopic (exact) mass is 337 g/mol. The Kier molecular flexibility index (Phi) is 5.47. The molecule has 0 unspecified atom stereocenters. The minimum absolute atomic E-state index is 0.0749. The summed E-state index contributed by atoms with van der Waals surface area (Å²) in [6, 6.07) is 5.62. The van der Waals surface area contributed by atoms with Crippen LogP contribution in [0.5, 0.6) is 11.5 Å². The highest BCUT2D eigenvalue weighted by Crippen LogP contribution is 2.34. The van der Waals surface area contributed by atoms with Crippen LogP contribution in [0.1, 0.15) is 19.4 Å². The van der Waals surface area contributed by atoms with E-state index in [4.69, 9.17) is 21.7 Å². The number of thioether (sulfide) groups is 1. The molecular weight excluding hydrogens is 318 g/mol. The second-order valence-corrected chi connectivity index (χ2v) is 7.03. The molecule has 0 spiro atoms. The fourth-order valence-electron chi connectivity index (χ4n) is 1.85. The normalized spacial score (nSPS) is 16.8. The summed E-state index contributed by atoms with van der Waals surface area (Å²) in [5, 5.41) is 0. The van der Waals surface area contributed by atoms with Crippen molar-refractivity contribution in [2.75, 3.05) is 20.8 Å². The maximum atomic E-state index is 12.0. The van der Waals surface area contributed by atoms with Crippen LogP contribution in [0.4, 0.5) is 0 Å². The van der Waals surface area contributed by atoms with Crippen molar-refractivity contribution in [3.63, 3.8) is 0 Å². The number of nitrogens with zero attached hydrogens (tertiary/aromatic N) is 1. The van der Waals surface area contributed by atoms with Gasteiger partial charge < -0.3 is 9.47 Å².